The molecular formula is C19H24O3. The van der Waals surface area contributed by atoms with Crippen LogP contribution in [0.3, 0.4) is 0 Å². The number of carbonyl (C=O) groups is 2. The Morgan fingerprint density at radius 2 is 1.27 bits per heavy atom. The molecular weight excluding hydrogens is 276 g/mol. The second-order valence-corrected chi connectivity index (χ2v) is 4.57. The maximum atomic E-state index is 11.0. The standard InChI is InChI=1S/C9H10O.C7H8O.C3H6O/c1-2-9(10)8-6-4-3-5-7-8;1-8-7-5-3-2-4-6-7;1-3(2)4/h3-7H,2H2,1H3;2-6H,1H3;1-2H3. The SMILES string of the molecule is CC(C)=O.CCC(=O)c1ccccc1.COc1ccccc1. The van der Waals surface area contributed by atoms with E-state index < -0.39 is 0 Å². The van der Waals surface area contributed by atoms with Crippen LogP contribution in [0.2, 0.25) is 0 Å². The second-order valence-electron chi connectivity index (χ2n) is 4.57. The molecule has 0 aromatic heterocycles. The lowest BCUT2D eigenvalue weighted by atomic mass is 10.1. The van der Waals surface area contributed by atoms with Gasteiger partial charge in [-0.05, 0) is 26.0 Å². The largest absolute Gasteiger partial charge is 0.497 e. The van der Waals surface area contributed by atoms with Crippen LogP contribution in [-0.2, 0) is 4.79 Å². The highest BCUT2D eigenvalue weighted by atomic mass is 16.5. The van der Waals surface area contributed by atoms with Crippen LogP contribution in [0.5, 0.6) is 5.75 Å². The minimum absolute atomic E-state index is 0.167. The van der Waals surface area contributed by atoms with Crippen LogP contribution in [-0.4, -0.2) is 18.7 Å². The van der Waals surface area contributed by atoms with Crippen molar-refractivity contribution in [2.24, 2.45) is 0 Å². The molecule has 0 atom stereocenters. The normalized spacial score (nSPS) is 8.55. The first-order valence-corrected chi connectivity index (χ1v) is 7.15. The van der Waals surface area contributed by atoms with Gasteiger partial charge in [0.1, 0.15) is 11.5 Å². The van der Waals surface area contributed by atoms with Crippen molar-refractivity contribution in [3.8, 4) is 5.75 Å². The topological polar surface area (TPSA) is 43.4 Å². The van der Waals surface area contributed by atoms with Crippen molar-refractivity contribution in [2.45, 2.75) is 27.2 Å². The average Bonchev–Trinajstić information content (AvgIpc) is 2.56. The Balaban J connectivity index is 0.000000330. The van der Waals surface area contributed by atoms with Gasteiger partial charge in [-0.3, -0.25) is 4.79 Å². The molecule has 3 nitrogen and oxygen atoms in total. The first-order chi connectivity index (χ1) is 10.5. The lowest BCUT2D eigenvalue weighted by molar-refractivity contribution is -0.114. The van der Waals surface area contributed by atoms with Crippen molar-refractivity contribution in [3.05, 3.63) is 66.2 Å². The fourth-order valence-corrected chi connectivity index (χ4v) is 1.38. The molecule has 2 rings (SSSR count). The smallest absolute Gasteiger partial charge is 0.162 e. The van der Waals surface area contributed by atoms with Crippen LogP contribution >= 0.6 is 0 Å². The lowest BCUT2D eigenvalue weighted by Gasteiger charge is -1.93. The molecule has 22 heavy (non-hydrogen) atoms. The van der Waals surface area contributed by atoms with E-state index in [0.717, 1.165) is 11.3 Å². The van der Waals surface area contributed by atoms with Gasteiger partial charge in [-0.15, -0.1) is 0 Å². The molecule has 2 aromatic rings. The van der Waals surface area contributed by atoms with E-state index in [-0.39, 0.29) is 11.6 Å². The molecule has 0 saturated heterocycles. The maximum absolute atomic E-state index is 11.0. The Hall–Kier alpha value is -2.42. The van der Waals surface area contributed by atoms with E-state index >= 15 is 0 Å². The quantitative estimate of drug-likeness (QED) is 0.780. The Bertz CT molecular complexity index is 529. The van der Waals surface area contributed by atoms with Crippen LogP contribution < -0.4 is 4.74 Å². The van der Waals surface area contributed by atoms with E-state index in [1.54, 1.807) is 7.11 Å². The van der Waals surface area contributed by atoms with Crippen LogP contribution in [0.1, 0.15) is 37.6 Å². The minimum Gasteiger partial charge on any atom is -0.497 e. The number of carbonyl (C=O) groups excluding carboxylic acids is 2. The minimum atomic E-state index is 0.167. The predicted octanol–water partition coefficient (Wildman–Crippen LogP) is 4.57. The molecule has 0 aliphatic rings. The third kappa shape index (κ3) is 10.4. The van der Waals surface area contributed by atoms with Gasteiger partial charge in [0, 0.05) is 12.0 Å². The number of hydrogen-bond donors (Lipinski definition) is 0. The van der Waals surface area contributed by atoms with Crippen molar-refractivity contribution < 1.29 is 14.3 Å². The van der Waals surface area contributed by atoms with Crippen molar-refractivity contribution in [2.75, 3.05) is 7.11 Å². The zero-order chi connectivity index (χ0) is 16.8. The van der Waals surface area contributed by atoms with Gasteiger partial charge in [0.15, 0.2) is 5.78 Å². The highest BCUT2D eigenvalue weighted by Crippen LogP contribution is 2.05. The van der Waals surface area contributed by atoms with Gasteiger partial charge in [0.05, 0.1) is 7.11 Å². The molecule has 0 amide bonds. The summed E-state index contributed by atoms with van der Waals surface area (Å²) >= 11 is 0. The first-order valence-electron chi connectivity index (χ1n) is 7.15. The van der Waals surface area contributed by atoms with Crippen LogP contribution in [0, 0.1) is 0 Å². The molecule has 118 valence electrons. The van der Waals surface area contributed by atoms with Crippen LogP contribution in [0.25, 0.3) is 0 Å². The zero-order valence-electron chi connectivity index (χ0n) is 13.7. The second kappa shape index (κ2) is 12.3. The summed E-state index contributed by atoms with van der Waals surface area (Å²) in [5.74, 6) is 1.29. The van der Waals surface area contributed by atoms with E-state index in [9.17, 15) is 9.59 Å². The van der Waals surface area contributed by atoms with Crippen LogP contribution in [0.15, 0.2) is 60.7 Å². The molecule has 0 saturated carbocycles. The number of hydrogen-bond acceptors (Lipinski definition) is 3. The summed E-state index contributed by atoms with van der Waals surface area (Å²) in [4.78, 5) is 20.5. The highest BCUT2D eigenvalue weighted by Gasteiger charge is 1.98. The van der Waals surface area contributed by atoms with Crippen molar-refractivity contribution in [1.82, 2.24) is 0 Å². The zero-order valence-corrected chi connectivity index (χ0v) is 13.7. The third-order valence-corrected chi connectivity index (χ3v) is 2.40. The molecule has 2 aromatic carbocycles. The number of ketones is 2. The Labute approximate surface area is 132 Å². The molecule has 0 N–H and O–H groups in total. The maximum Gasteiger partial charge on any atom is 0.162 e. The lowest BCUT2D eigenvalue weighted by Crippen LogP contribution is -1.94. The van der Waals surface area contributed by atoms with Crippen molar-refractivity contribution in [1.29, 1.82) is 0 Å². The fourth-order valence-electron chi connectivity index (χ4n) is 1.38. The van der Waals surface area contributed by atoms with E-state index in [1.165, 1.54) is 13.8 Å². The summed E-state index contributed by atoms with van der Waals surface area (Å²) in [5.41, 5.74) is 0.810. The van der Waals surface area contributed by atoms with Gasteiger partial charge in [-0.25, -0.2) is 0 Å². The van der Waals surface area contributed by atoms with Gasteiger partial charge in [-0.2, -0.15) is 0 Å². The molecule has 0 unspecified atom stereocenters. The molecule has 0 heterocycles. The number of benzene rings is 2. The molecule has 0 bridgehead atoms. The Kier molecular flexibility index (Phi) is 11.0. The first kappa shape index (κ1) is 19.6. The number of para-hydroxylation sites is 1. The van der Waals surface area contributed by atoms with E-state index in [1.807, 2.05) is 67.6 Å². The number of rotatable bonds is 3. The summed E-state index contributed by atoms with van der Waals surface area (Å²) in [6, 6.07) is 19.0. The molecule has 0 aliphatic carbocycles. The summed E-state index contributed by atoms with van der Waals surface area (Å²) in [5, 5.41) is 0. The number of methoxy groups -OCH3 is 1. The van der Waals surface area contributed by atoms with Gasteiger partial charge < -0.3 is 9.53 Å². The molecule has 0 aliphatic heterocycles. The van der Waals surface area contributed by atoms with E-state index in [2.05, 4.69) is 0 Å². The van der Waals surface area contributed by atoms with Gasteiger partial charge in [-0.1, -0.05) is 55.5 Å². The third-order valence-electron chi connectivity index (χ3n) is 2.40. The Morgan fingerprint density at radius 1 is 0.864 bits per heavy atom. The average molecular weight is 300 g/mol. The summed E-state index contributed by atoms with van der Waals surface area (Å²) < 4.78 is 4.91. The Morgan fingerprint density at radius 3 is 1.59 bits per heavy atom. The van der Waals surface area contributed by atoms with E-state index in [4.69, 9.17) is 4.74 Å². The highest BCUT2D eigenvalue weighted by molar-refractivity contribution is 5.95. The molecule has 3 heteroatoms. The summed E-state index contributed by atoms with van der Waals surface area (Å²) in [7, 11) is 1.66. The van der Waals surface area contributed by atoms with E-state index in [0.29, 0.717) is 6.42 Å². The predicted molar refractivity (Wildman–Crippen MR) is 90.4 cm³/mol. The monoisotopic (exact) mass is 300 g/mol. The van der Waals surface area contributed by atoms with Gasteiger partial charge >= 0.3 is 0 Å². The summed E-state index contributed by atoms with van der Waals surface area (Å²) in [6.07, 6.45) is 0.587. The van der Waals surface area contributed by atoms with Gasteiger partial charge in [0.2, 0.25) is 0 Å². The summed E-state index contributed by atoms with van der Waals surface area (Å²) in [6.45, 7) is 4.93. The fraction of sp³-hybridized carbons (Fsp3) is 0.263. The molecule has 0 spiro atoms. The number of Topliss-reactive ketones (excluding diaryl/α,β-unsaturated/α-hetero) is 2. The van der Waals surface area contributed by atoms with Crippen molar-refractivity contribution >= 4 is 11.6 Å². The number of ether oxygens (including phenoxy) is 1. The van der Waals surface area contributed by atoms with Gasteiger partial charge in [0.25, 0.3) is 0 Å². The molecule has 0 fully saturated rings. The van der Waals surface area contributed by atoms with Crippen molar-refractivity contribution in [3.63, 3.8) is 0 Å². The molecule has 0 radical (unpaired) electrons. The van der Waals surface area contributed by atoms with Crippen LogP contribution in [0.4, 0.5) is 0 Å².